The lowest BCUT2D eigenvalue weighted by molar-refractivity contribution is 0.0512. The number of amides is 1. The normalized spacial score (nSPS) is 13.6. The largest absolute Gasteiger partial charge is 0.444 e. The number of nitrogens with one attached hydrogen (secondary N) is 1. The molecule has 1 radical (unpaired) electrons. The number of rotatable bonds is 3. The van der Waals surface area contributed by atoms with E-state index in [-0.39, 0.29) is 6.10 Å². The molecule has 4 nitrogen and oxygen atoms in total. The summed E-state index contributed by atoms with van der Waals surface area (Å²) >= 11 is 0. The average Bonchev–Trinajstić information content (AvgIpc) is 1.97. The molecule has 0 aliphatic rings. The van der Waals surface area contributed by atoms with Crippen LogP contribution < -0.4 is 5.32 Å². The second-order valence-corrected chi connectivity index (χ2v) is 3.75. The van der Waals surface area contributed by atoms with Crippen molar-refractivity contribution in [1.29, 1.82) is 0 Å². The van der Waals surface area contributed by atoms with Gasteiger partial charge in [-0.1, -0.05) is 0 Å². The molecule has 0 saturated carbocycles. The van der Waals surface area contributed by atoms with E-state index in [2.05, 4.69) is 5.32 Å². The zero-order chi connectivity index (χ0) is 10.5. The number of methoxy groups -OCH3 is 1. The van der Waals surface area contributed by atoms with Crippen molar-refractivity contribution in [3.63, 3.8) is 0 Å². The van der Waals surface area contributed by atoms with Gasteiger partial charge in [0.1, 0.15) is 5.60 Å². The number of hydrogen-bond acceptors (Lipinski definition) is 3. The van der Waals surface area contributed by atoms with E-state index in [1.54, 1.807) is 7.11 Å². The average molecular weight is 188 g/mol. The summed E-state index contributed by atoms with van der Waals surface area (Å²) in [5, 5.41) is 2.48. The van der Waals surface area contributed by atoms with Crippen LogP contribution in [0.15, 0.2) is 0 Å². The molecule has 1 N–H and O–H groups in total. The molecule has 0 aliphatic carbocycles. The molecule has 0 spiro atoms. The summed E-state index contributed by atoms with van der Waals surface area (Å²) in [7, 11) is 1.57. The quantitative estimate of drug-likeness (QED) is 0.733. The number of carbonyl (C=O) groups is 1. The molecular formula is C9H18NO3. The standard InChI is InChI=1S/C9H18NO3/c1-7(12-5)6-10-8(11)13-9(2,3)4/h6-7H,1-5H3,(H,10,11). The summed E-state index contributed by atoms with van der Waals surface area (Å²) in [5.41, 5.74) is -0.464. The fourth-order valence-corrected chi connectivity index (χ4v) is 0.561. The van der Waals surface area contributed by atoms with Crippen molar-refractivity contribution in [2.24, 2.45) is 0 Å². The second kappa shape index (κ2) is 5.07. The highest BCUT2D eigenvalue weighted by Crippen LogP contribution is 2.06. The summed E-state index contributed by atoms with van der Waals surface area (Å²) in [5.74, 6) is 0. The lowest BCUT2D eigenvalue weighted by atomic mass is 10.2. The van der Waals surface area contributed by atoms with Gasteiger partial charge in [0.25, 0.3) is 0 Å². The number of carbonyl (C=O) groups excluding carboxylic acids is 1. The van der Waals surface area contributed by atoms with E-state index in [4.69, 9.17) is 9.47 Å². The predicted octanol–water partition coefficient (Wildman–Crippen LogP) is 1.71. The predicted molar refractivity (Wildman–Crippen MR) is 50.1 cm³/mol. The van der Waals surface area contributed by atoms with Gasteiger partial charge in [0.05, 0.1) is 12.6 Å². The monoisotopic (exact) mass is 188 g/mol. The molecule has 0 aromatic heterocycles. The van der Waals surface area contributed by atoms with Crippen LogP contribution in [0.5, 0.6) is 0 Å². The molecule has 0 heterocycles. The van der Waals surface area contributed by atoms with Crippen LogP contribution in [0.1, 0.15) is 27.7 Å². The lowest BCUT2D eigenvalue weighted by Crippen LogP contribution is -2.33. The zero-order valence-corrected chi connectivity index (χ0v) is 8.88. The van der Waals surface area contributed by atoms with Crippen molar-refractivity contribution < 1.29 is 14.3 Å². The molecule has 1 unspecified atom stereocenters. The molecule has 0 saturated heterocycles. The summed E-state index contributed by atoms with van der Waals surface area (Å²) in [6, 6.07) is 0. The molecule has 0 aliphatic heterocycles. The van der Waals surface area contributed by atoms with E-state index in [0.29, 0.717) is 0 Å². The van der Waals surface area contributed by atoms with Crippen LogP contribution in [0.2, 0.25) is 0 Å². The molecule has 1 amide bonds. The van der Waals surface area contributed by atoms with Crippen LogP contribution in [-0.4, -0.2) is 24.9 Å². The third-order valence-corrected chi connectivity index (χ3v) is 1.21. The van der Waals surface area contributed by atoms with Crippen LogP contribution in [0.25, 0.3) is 0 Å². The summed E-state index contributed by atoms with van der Waals surface area (Å²) in [6.07, 6.45) is -0.580. The first-order chi connectivity index (χ1) is 5.85. The lowest BCUT2D eigenvalue weighted by Gasteiger charge is -2.20. The smallest absolute Gasteiger partial charge is 0.408 e. The Hall–Kier alpha value is -0.770. The van der Waals surface area contributed by atoms with Crippen LogP contribution in [0, 0.1) is 6.54 Å². The van der Waals surface area contributed by atoms with E-state index in [1.165, 1.54) is 6.54 Å². The second-order valence-electron chi connectivity index (χ2n) is 3.75. The van der Waals surface area contributed by atoms with Gasteiger partial charge in [-0.2, -0.15) is 0 Å². The van der Waals surface area contributed by atoms with Gasteiger partial charge in [-0.25, -0.2) is 4.79 Å². The molecule has 0 bridgehead atoms. The summed E-state index contributed by atoms with van der Waals surface area (Å²) in [6.45, 7) is 8.79. The number of hydrogen-bond donors (Lipinski definition) is 1. The highest BCUT2D eigenvalue weighted by Gasteiger charge is 2.16. The molecule has 0 aromatic carbocycles. The van der Waals surface area contributed by atoms with Gasteiger partial charge < -0.3 is 14.8 Å². The molecule has 13 heavy (non-hydrogen) atoms. The summed E-state index contributed by atoms with van der Waals surface area (Å²) < 4.78 is 9.90. The number of ether oxygens (including phenoxy) is 2. The maximum Gasteiger partial charge on any atom is 0.408 e. The molecule has 1 atom stereocenters. The first-order valence-electron chi connectivity index (χ1n) is 4.21. The topological polar surface area (TPSA) is 47.6 Å². The van der Waals surface area contributed by atoms with Gasteiger partial charge in [0.2, 0.25) is 0 Å². The Balaban J connectivity index is 3.64. The first kappa shape index (κ1) is 12.2. The van der Waals surface area contributed by atoms with Crippen LogP contribution in [0.3, 0.4) is 0 Å². The maximum atomic E-state index is 11.1. The number of alkyl carbamates (subject to hydrolysis) is 1. The van der Waals surface area contributed by atoms with E-state index in [1.807, 2.05) is 27.7 Å². The van der Waals surface area contributed by atoms with E-state index >= 15 is 0 Å². The first-order valence-corrected chi connectivity index (χ1v) is 4.21. The Bertz CT molecular complexity index is 163. The van der Waals surface area contributed by atoms with Crippen LogP contribution >= 0.6 is 0 Å². The van der Waals surface area contributed by atoms with Crippen molar-refractivity contribution in [2.45, 2.75) is 39.4 Å². The van der Waals surface area contributed by atoms with Gasteiger partial charge in [0, 0.05) is 7.11 Å². The van der Waals surface area contributed by atoms with Crippen LogP contribution in [-0.2, 0) is 9.47 Å². The molecular weight excluding hydrogens is 170 g/mol. The van der Waals surface area contributed by atoms with Crippen molar-refractivity contribution in [3.8, 4) is 0 Å². The van der Waals surface area contributed by atoms with Gasteiger partial charge in [-0.15, -0.1) is 0 Å². The molecule has 4 heteroatoms. The Labute approximate surface area is 79.6 Å². The maximum absolute atomic E-state index is 11.1. The minimum Gasteiger partial charge on any atom is -0.444 e. The van der Waals surface area contributed by atoms with E-state index in [0.717, 1.165) is 0 Å². The van der Waals surface area contributed by atoms with Crippen LogP contribution in [0.4, 0.5) is 4.79 Å². The van der Waals surface area contributed by atoms with Gasteiger partial charge >= 0.3 is 6.09 Å². The zero-order valence-electron chi connectivity index (χ0n) is 8.88. The minimum absolute atomic E-state index is 0.118. The molecule has 77 valence electrons. The SMILES string of the molecule is COC(C)[CH]NC(=O)OC(C)(C)C. The Morgan fingerprint density at radius 3 is 2.38 bits per heavy atom. The molecule has 0 aromatic rings. The summed E-state index contributed by atoms with van der Waals surface area (Å²) in [4.78, 5) is 11.1. The van der Waals surface area contributed by atoms with Crippen molar-refractivity contribution >= 4 is 6.09 Å². The van der Waals surface area contributed by atoms with Gasteiger partial charge in [0.15, 0.2) is 0 Å². The third kappa shape index (κ3) is 7.59. The Morgan fingerprint density at radius 2 is 2.00 bits per heavy atom. The molecule has 0 rings (SSSR count). The van der Waals surface area contributed by atoms with E-state index < -0.39 is 11.7 Å². The third-order valence-electron chi connectivity index (χ3n) is 1.21. The Morgan fingerprint density at radius 1 is 1.46 bits per heavy atom. The van der Waals surface area contributed by atoms with Crippen molar-refractivity contribution in [2.75, 3.05) is 7.11 Å². The van der Waals surface area contributed by atoms with Gasteiger partial charge in [-0.3, -0.25) is 0 Å². The van der Waals surface area contributed by atoms with Crippen molar-refractivity contribution in [3.05, 3.63) is 6.54 Å². The highest BCUT2D eigenvalue weighted by molar-refractivity contribution is 5.68. The minimum atomic E-state index is -0.464. The fourth-order valence-electron chi connectivity index (χ4n) is 0.561. The fraction of sp³-hybridized carbons (Fsp3) is 0.778. The van der Waals surface area contributed by atoms with Crippen molar-refractivity contribution in [1.82, 2.24) is 5.32 Å². The van der Waals surface area contributed by atoms with Gasteiger partial charge in [-0.05, 0) is 27.7 Å². The Kier molecular flexibility index (Phi) is 4.77. The van der Waals surface area contributed by atoms with E-state index in [9.17, 15) is 4.79 Å². The highest BCUT2D eigenvalue weighted by atomic mass is 16.6. The molecule has 0 fully saturated rings.